The Morgan fingerprint density at radius 1 is 1.02 bits per heavy atom. The van der Waals surface area contributed by atoms with E-state index in [2.05, 4.69) is 20.1 Å². The fraction of sp³-hybridized carbons (Fsp3) is 0.525. The summed E-state index contributed by atoms with van der Waals surface area (Å²) in [4.78, 5) is 50.6. The number of ether oxygens (including phenoxy) is 1. The third-order valence-electron chi connectivity index (χ3n) is 11.3. The van der Waals surface area contributed by atoms with Crippen LogP contribution < -0.4 is 9.64 Å². The standard InChI is InChI=1S/C40H51N3O5S/c1-5-24-41(30-18-20-32(21-19-30)48-7-3)36(45)33-34-37(46)43(31(27-44)26-28-14-10-8-11-15-28)35(40(34)23-22-39(33,4)49-40)38(47)42(25-6-2)29-16-12-9-13-17-29/h5-6,8,10-11,14-15,18-21,29,31,33-35,44H,1-2,7,9,12-13,16-17,22-27H2,3-4H3/t31-,33-,34+,35?,39+,40?/m1/s1. The molecule has 3 heterocycles. The van der Waals surface area contributed by atoms with E-state index >= 15 is 9.59 Å². The van der Waals surface area contributed by atoms with Crippen LogP contribution in [0.4, 0.5) is 5.69 Å². The van der Waals surface area contributed by atoms with Crippen molar-refractivity contribution in [3.8, 4) is 5.75 Å². The van der Waals surface area contributed by atoms with Crippen molar-refractivity contribution >= 4 is 35.2 Å². The Morgan fingerprint density at radius 2 is 1.71 bits per heavy atom. The van der Waals surface area contributed by atoms with Crippen molar-refractivity contribution in [2.45, 2.75) is 92.8 Å². The molecule has 2 unspecified atom stereocenters. The topological polar surface area (TPSA) is 90.4 Å². The van der Waals surface area contributed by atoms with Crippen molar-refractivity contribution in [3.05, 3.63) is 85.5 Å². The number of aliphatic hydroxyl groups is 1. The number of carbonyl (C=O) groups is 3. The van der Waals surface area contributed by atoms with Crippen LogP contribution in [0.1, 0.15) is 64.4 Å². The summed E-state index contributed by atoms with van der Waals surface area (Å²) in [6.07, 6.45) is 10.4. The summed E-state index contributed by atoms with van der Waals surface area (Å²) in [5.74, 6) is -1.04. The second-order valence-corrected chi connectivity index (χ2v) is 16.1. The van der Waals surface area contributed by atoms with E-state index in [1.54, 1.807) is 33.7 Å². The Balaban J connectivity index is 1.43. The molecular weight excluding hydrogens is 635 g/mol. The lowest BCUT2D eigenvalue weighted by atomic mass is 9.66. The first-order valence-corrected chi connectivity index (χ1v) is 18.8. The number of thioether (sulfide) groups is 1. The number of likely N-dealkylation sites (tertiary alicyclic amines) is 1. The van der Waals surface area contributed by atoms with Crippen molar-refractivity contribution in [3.63, 3.8) is 0 Å². The van der Waals surface area contributed by atoms with Gasteiger partial charge in [-0.05, 0) is 75.8 Å². The first-order chi connectivity index (χ1) is 23.7. The zero-order valence-electron chi connectivity index (χ0n) is 29.0. The van der Waals surface area contributed by atoms with Crippen LogP contribution in [-0.2, 0) is 20.8 Å². The van der Waals surface area contributed by atoms with Crippen molar-refractivity contribution in [1.29, 1.82) is 0 Å². The third kappa shape index (κ3) is 6.33. The van der Waals surface area contributed by atoms with E-state index in [9.17, 15) is 9.90 Å². The minimum Gasteiger partial charge on any atom is -0.494 e. The molecule has 8 nitrogen and oxygen atoms in total. The summed E-state index contributed by atoms with van der Waals surface area (Å²) in [7, 11) is 0. The molecule has 1 N–H and O–H groups in total. The number of fused-ring (bicyclic) bond motifs is 1. The fourth-order valence-corrected chi connectivity index (χ4v) is 11.5. The summed E-state index contributed by atoms with van der Waals surface area (Å²) >= 11 is 1.68. The van der Waals surface area contributed by atoms with Gasteiger partial charge in [-0.3, -0.25) is 14.4 Å². The number of rotatable bonds is 14. The lowest BCUT2D eigenvalue weighted by Gasteiger charge is -2.42. The maximum atomic E-state index is 15.2. The molecule has 4 fully saturated rings. The van der Waals surface area contributed by atoms with Gasteiger partial charge >= 0.3 is 0 Å². The first kappa shape index (κ1) is 35.3. The van der Waals surface area contributed by atoms with Gasteiger partial charge in [0.15, 0.2) is 0 Å². The molecule has 1 aliphatic carbocycles. The van der Waals surface area contributed by atoms with Gasteiger partial charge < -0.3 is 24.5 Å². The van der Waals surface area contributed by atoms with Crippen LogP contribution in [0.3, 0.4) is 0 Å². The number of anilines is 1. The molecule has 1 spiro atoms. The Morgan fingerprint density at radius 3 is 2.35 bits per heavy atom. The summed E-state index contributed by atoms with van der Waals surface area (Å²) in [5, 5.41) is 10.9. The number of aliphatic hydroxyl groups excluding tert-OH is 1. The predicted molar refractivity (Wildman–Crippen MR) is 196 cm³/mol. The Hall–Kier alpha value is -3.56. The van der Waals surface area contributed by atoms with Gasteiger partial charge in [-0.2, -0.15) is 0 Å². The quantitative estimate of drug-likeness (QED) is 0.244. The molecule has 2 aromatic rings. The van der Waals surface area contributed by atoms with E-state index in [-0.39, 0.29) is 36.9 Å². The molecule has 0 aromatic heterocycles. The van der Waals surface area contributed by atoms with Crippen LogP contribution in [0.15, 0.2) is 79.9 Å². The summed E-state index contributed by atoms with van der Waals surface area (Å²) in [6.45, 7) is 12.9. The molecule has 1 saturated carbocycles. The van der Waals surface area contributed by atoms with Crippen LogP contribution in [0.2, 0.25) is 0 Å². The first-order valence-electron chi connectivity index (χ1n) is 18.0. The van der Waals surface area contributed by atoms with Gasteiger partial charge in [0.2, 0.25) is 17.7 Å². The molecule has 3 amide bonds. The van der Waals surface area contributed by atoms with Crippen molar-refractivity contribution in [1.82, 2.24) is 9.80 Å². The van der Waals surface area contributed by atoms with Gasteiger partial charge in [-0.1, -0.05) is 61.7 Å². The monoisotopic (exact) mass is 685 g/mol. The zero-order chi connectivity index (χ0) is 34.8. The molecule has 2 aromatic carbocycles. The van der Waals surface area contributed by atoms with Crippen molar-refractivity contribution < 1.29 is 24.2 Å². The van der Waals surface area contributed by atoms with Gasteiger partial charge in [0.25, 0.3) is 0 Å². The number of nitrogens with zero attached hydrogens (tertiary/aromatic N) is 3. The van der Waals surface area contributed by atoms with Gasteiger partial charge in [-0.15, -0.1) is 24.9 Å². The Bertz CT molecular complexity index is 1530. The molecule has 3 aliphatic heterocycles. The van der Waals surface area contributed by atoms with Gasteiger partial charge in [-0.25, -0.2) is 0 Å². The van der Waals surface area contributed by atoms with Crippen LogP contribution in [0.5, 0.6) is 5.75 Å². The van der Waals surface area contributed by atoms with Crippen molar-refractivity contribution in [2.75, 3.05) is 31.2 Å². The molecule has 2 bridgehead atoms. The molecule has 262 valence electrons. The Kier molecular flexibility index (Phi) is 10.6. The van der Waals surface area contributed by atoms with E-state index < -0.39 is 33.4 Å². The highest BCUT2D eigenvalue weighted by Gasteiger charge is 2.78. The van der Waals surface area contributed by atoms with Crippen molar-refractivity contribution in [2.24, 2.45) is 11.8 Å². The number of amides is 3. The zero-order valence-corrected chi connectivity index (χ0v) is 29.8. The molecule has 4 aliphatic rings. The van der Waals surface area contributed by atoms with Gasteiger partial charge in [0.05, 0.1) is 35.8 Å². The lowest BCUT2D eigenvalue weighted by molar-refractivity contribution is -0.147. The van der Waals surface area contributed by atoms with Gasteiger partial charge in [0, 0.05) is 29.6 Å². The smallest absolute Gasteiger partial charge is 0.247 e. The average Bonchev–Trinajstić information content (AvgIpc) is 3.69. The SMILES string of the molecule is C=CCN(C(=O)[C@H]1[C@H]2C(=O)N([C@@H](CO)Cc3ccccc3)C(C(=O)N(CC=C)C3CCCCC3)C23CC[C@]1(C)S3)c1ccc(OCC)cc1. The second-order valence-electron chi connectivity index (χ2n) is 14.2. The minimum atomic E-state index is -0.796. The maximum Gasteiger partial charge on any atom is 0.247 e. The maximum absolute atomic E-state index is 15.2. The number of benzene rings is 2. The minimum absolute atomic E-state index is 0.0755. The molecule has 3 saturated heterocycles. The average molecular weight is 686 g/mol. The number of hydrogen-bond donors (Lipinski definition) is 1. The summed E-state index contributed by atoms with van der Waals surface area (Å²) < 4.78 is 4.33. The molecule has 6 atom stereocenters. The Labute approximate surface area is 295 Å². The molecule has 9 heteroatoms. The number of hydrogen-bond acceptors (Lipinski definition) is 6. The van der Waals surface area contributed by atoms with E-state index in [4.69, 9.17) is 4.74 Å². The largest absolute Gasteiger partial charge is 0.494 e. The van der Waals surface area contributed by atoms with Gasteiger partial charge in [0.1, 0.15) is 11.8 Å². The van der Waals surface area contributed by atoms with E-state index in [1.165, 1.54) is 0 Å². The highest BCUT2D eigenvalue weighted by Crippen LogP contribution is 2.72. The summed E-state index contributed by atoms with van der Waals surface area (Å²) in [5.41, 5.74) is 1.69. The molecule has 49 heavy (non-hydrogen) atoms. The van der Waals surface area contributed by atoms with Crippen LogP contribution in [-0.4, -0.2) is 86.6 Å². The second kappa shape index (κ2) is 14.7. The van der Waals surface area contributed by atoms with Crippen LogP contribution in [0, 0.1) is 11.8 Å². The molecule has 6 rings (SSSR count). The molecular formula is C40H51N3O5S. The van der Waals surface area contributed by atoms with E-state index in [0.717, 1.165) is 43.4 Å². The highest BCUT2D eigenvalue weighted by molar-refractivity contribution is 8.02. The highest BCUT2D eigenvalue weighted by atomic mass is 32.2. The molecule has 0 radical (unpaired) electrons. The number of carbonyl (C=O) groups excluding carboxylic acids is 3. The lowest BCUT2D eigenvalue weighted by Crippen LogP contribution is -2.59. The predicted octanol–water partition coefficient (Wildman–Crippen LogP) is 6.04. The fourth-order valence-electron chi connectivity index (χ4n) is 9.17. The van der Waals surface area contributed by atoms with Crippen LogP contribution in [0.25, 0.3) is 0 Å². The van der Waals surface area contributed by atoms with E-state index in [1.807, 2.05) is 66.4 Å². The normalized spacial score (nSPS) is 28.2. The van der Waals surface area contributed by atoms with E-state index in [0.29, 0.717) is 38.1 Å². The summed E-state index contributed by atoms with van der Waals surface area (Å²) in [6, 6.07) is 15.9. The van der Waals surface area contributed by atoms with Crippen LogP contribution >= 0.6 is 11.8 Å². The third-order valence-corrected chi connectivity index (χ3v) is 13.3.